The number of carbonyl (C=O) groups is 1. The van der Waals surface area contributed by atoms with E-state index in [1.807, 2.05) is 17.0 Å². The van der Waals surface area contributed by atoms with Crippen LogP contribution in [0.3, 0.4) is 0 Å². The summed E-state index contributed by atoms with van der Waals surface area (Å²) in [6.07, 6.45) is 6.10. The zero-order chi connectivity index (χ0) is 13.5. The molecule has 1 aliphatic heterocycles. The number of nitrogens with zero attached hydrogens (tertiary/aromatic N) is 1. The highest BCUT2D eigenvalue weighted by Crippen LogP contribution is 2.15. The third-order valence-electron chi connectivity index (χ3n) is 3.56. The lowest BCUT2D eigenvalue weighted by atomic mass is 9.96. The molecule has 0 spiro atoms. The van der Waals surface area contributed by atoms with Gasteiger partial charge in [-0.15, -0.1) is 6.58 Å². The summed E-state index contributed by atoms with van der Waals surface area (Å²) in [5.41, 5.74) is 0. The van der Waals surface area contributed by atoms with Gasteiger partial charge in [0, 0.05) is 25.4 Å². The molecule has 2 heterocycles. The van der Waals surface area contributed by atoms with Crippen molar-refractivity contribution in [1.29, 1.82) is 0 Å². The molecule has 0 unspecified atom stereocenters. The van der Waals surface area contributed by atoms with Gasteiger partial charge in [-0.2, -0.15) is 0 Å². The average molecular weight is 262 g/mol. The molecule has 0 aliphatic carbocycles. The van der Waals surface area contributed by atoms with E-state index in [1.54, 1.807) is 12.3 Å². The van der Waals surface area contributed by atoms with Crippen LogP contribution in [0.5, 0.6) is 0 Å². The van der Waals surface area contributed by atoms with Gasteiger partial charge in [-0.05, 0) is 38.1 Å². The summed E-state index contributed by atoms with van der Waals surface area (Å²) in [5, 5.41) is 3.29. The first-order valence-electron chi connectivity index (χ1n) is 6.94. The second-order valence-electron chi connectivity index (χ2n) is 4.93. The highest BCUT2D eigenvalue weighted by molar-refractivity contribution is 5.79. The van der Waals surface area contributed by atoms with Crippen molar-refractivity contribution in [2.24, 2.45) is 5.92 Å². The number of furan rings is 1. The van der Waals surface area contributed by atoms with Gasteiger partial charge in [0.15, 0.2) is 0 Å². The predicted octanol–water partition coefficient (Wildman–Crippen LogP) is 1.84. The molecule has 1 aromatic rings. The number of hydrogen-bond donors (Lipinski definition) is 1. The summed E-state index contributed by atoms with van der Waals surface area (Å²) in [6.45, 7) is 6.94. The Balaban J connectivity index is 1.90. The summed E-state index contributed by atoms with van der Waals surface area (Å²) >= 11 is 0. The molecule has 4 nitrogen and oxygen atoms in total. The lowest BCUT2D eigenvalue weighted by Gasteiger charge is -2.28. The molecule has 0 atom stereocenters. The first-order valence-corrected chi connectivity index (χ1v) is 6.94. The molecule has 104 valence electrons. The van der Waals surface area contributed by atoms with Gasteiger partial charge in [0.05, 0.1) is 6.26 Å². The molecule has 0 saturated carbocycles. The van der Waals surface area contributed by atoms with Gasteiger partial charge >= 0.3 is 0 Å². The smallest absolute Gasteiger partial charge is 0.226 e. The van der Waals surface area contributed by atoms with Crippen LogP contribution in [0.2, 0.25) is 0 Å². The molecule has 4 heteroatoms. The van der Waals surface area contributed by atoms with Crippen molar-refractivity contribution in [3.63, 3.8) is 0 Å². The Morgan fingerprint density at radius 2 is 2.32 bits per heavy atom. The average Bonchev–Trinajstić information content (AvgIpc) is 2.97. The van der Waals surface area contributed by atoms with Crippen molar-refractivity contribution in [3.05, 3.63) is 36.8 Å². The Hall–Kier alpha value is -1.55. The van der Waals surface area contributed by atoms with Gasteiger partial charge in [0.2, 0.25) is 5.91 Å². The number of rotatable bonds is 6. The molecule has 1 amide bonds. The van der Waals surface area contributed by atoms with Gasteiger partial charge in [-0.25, -0.2) is 0 Å². The Morgan fingerprint density at radius 3 is 2.95 bits per heavy atom. The molecule has 1 saturated heterocycles. The SMILES string of the molecule is C=CCN(CCc1ccco1)C(=O)C1CCNCC1. The van der Waals surface area contributed by atoms with Crippen molar-refractivity contribution in [1.82, 2.24) is 10.2 Å². The minimum Gasteiger partial charge on any atom is -0.469 e. The van der Waals surface area contributed by atoms with E-state index in [4.69, 9.17) is 4.42 Å². The van der Waals surface area contributed by atoms with E-state index in [9.17, 15) is 4.79 Å². The fourth-order valence-corrected chi connectivity index (χ4v) is 2.47. The number of hydrogen-bond acceptors (Lipinski definition) is 3. The molecule has 19 heavy (non-hydrogen) atoms. The van der Waals surface area contributed by atoms with Gasteiger partial charge < -0.3 is 14.6 Å². The van der Waals surface area contributed by atoms with Crippen LogP contribution < -0.4 is 5.32 Å². The summed E-state index contributed by atoms with van der Waals surface area (Å²) in [4.78, 5) is 14.4. The van der Waals surface area contributed by atoms with Gasteiger partial charge in [0.1, 0.15) is 5.76 Å². The first-order chi connectivity index (χ1) is 9.31. The second kappa shape index (κ2) is 7.14. The molecular formula is C15H22N2O2. The normalized spacial score (nSPS) is 16.2. The van der Waals surface area contributed by atoms with Gasteiger partial charge in [0.25, 0.3) is 0 Å². The third kappa shape index (κ3) is 3.96. The van der Waals surface area contributed by atoms with Gasteiger partial charge in [-0.1, -0.05) is 6.08 Å². The molecule has 1 N–H and O–H groups in total. The van der Waals surface area contributed by atoms with Crippen LogP contribution in [0.15, 0.2) is 35.5 Å². The standard InChI is InChI=1S/C15H22N2O2/c1-2-10-17(11-7-14-4-3-12-19-14)15(18)13-5-8-16-9-6-13/h2-4,12-13,16H,1,5-11H2. The third-order valence-corrected chi connectivity index (χ3v) is 3.56. The van der Waals surface area contributed by atoms with Crippen LogP contribution in [0.25, 0.3) is 0 Å². The summed E-state index contributed by atoms with van der Waals surface area (Å²) in [6, 6.07) is 3.82. The monoisotopic (exact) mass is 262 g/mol. The van der Waals surface area contributed by atoms with Crippen LogP contribution in [-0.4, -0.2) is 37.0 Å². The Morgan fingerprint density at radius 1 is 1.53 bits per heavy atom. The van der Waals surface area contributed by atoms with Crippen molar-refractivity contribution < 1.29 is 9.21 Å². The van der Waals surface area contributed by atoms with Crippen LogP contribution in [-0.2, 0) is 11.2 Å². The molecule has 2 rings (SSSR count). The quantitative estimate of drug-likeness (QED) is 0.796. The van der Waals surface area contributed by atoms with Crippen molar-refractivity contribution in [3.8, 4) is 0 Å². The number of amides is 1. The zero-order valence-electron chi connectivity index (χ0n) is 11.3. The van der Waals surface area contributed by atoms with E-state index in [0.717, 1.165) is 38.1 Å². The highest BCUT2D eigenvalue weighted by Gasteiger charge is 2.25. The maximum atomic E-state index is 12.5. The van der Waals surface area contributed by atoms with E-state index >= 15 is 0 Å². The molecule has 1 aliphatic rings. The number of carbonyl (C=O) groups excluding carboxylic acids is 1. The van der Waals surface area contributed by atoms with Crippen molar-refractivity contribution >= 4 is 5.91 Å². The van der Waals surface area contributed by atoms with Crippen LogP contribution in [0, 0.1) is 5.92 Å². The fraction of sp³-hybridized carbons (Fsp3) is 0.533. The van der Waals surface area contributed by atoms with Crippen molar-refractivity contribution in [2.75, 3.05) is 26.2 Å². The number of nitrogens with one attached hydrogen (secondary N) is 1. The second-order valence-corrected chi connectivity index (χ2v) is 4.93. The minimum absolute atomic E-state index is 0.165. The van der Waals surface area contributed by atoms with E-state index in [-0.39, 0.29) is 11.8 Å². The molecule has 1 fully saturated rings. The first kappa shape index (κ1) is 13.9. The minimum atomic E-state index is 0.165. The maximum Gasteiger partial charge on any atom is 0.226 e. The molecule has 0 radical (unpaired) electrons. The summed E-state index contributed by atoms with van der Waals surface area (Å²) in [5.74, 6) is 1.35. The van der Waals surface area contributed by atoms with E-state index in [1.165, 1.54) is 0 Å². The fourth-order valence-electron chi connectivity index (χ4n) is 2.47. The Bertz CT molecular complexity index is 394. The van der Waals surface area contributed by atoms with E-state index in [0.29, 0.717) is 13.1 Å². The van der Waals surface area contributed by atoms with E-state index in [2.05, 4.69) is 11.9 Å². The molecule has 1 aromatic heterocycles. The Labute approximate surface area is 114 Å². The zero-order valence-corrected chi connectivity index (χ0v) is 11.3. The molecular weight excluding hydrogens is 240 g/mol. The Kier molecular flexibility index (Phi) is 5.21. The van der Waals surface area contributed by atoms with E-state index < -0.39 is 0 Å². The van der Waals surface area contributed by atoms with Crippen LogP contribution >= 0.6 is 0 Å². The van der Waals surface area contributed by atoms with Gasteiger partial charge in [-0.3, -0.25) is 4.79 Å². The van der Waals surface area contributed by atoms with Crippen molar-refractivity contribution in [2.45, 2.75) is 19.3 Å². The summed E-state index contributed by atoms with van der Waals surface area (Å²) < 4.78 is 5.31. The number of piperidine rings is 1. The topological polar surface area (TPSA) is 45.5 Å². The van der Waals surface area contributed by atoms with Crippen LogP contribution in [0.4, 0.5) is 0 Å². The highest BCUT2D eigenvalue weighted by atomic mass is 16.3. The maximum absolute atomic E-state index is 12.5. The molecule has 0 aromatic carbocycles. The largest absolute Gasteiger partial charge is 0.469 e. The van der Waals surface area contributed by atoms with Crippen LogP contribution in [0.1, 0.15) is 18.6 Å². The molecule has 0 bridgehead atoms. The predicted molar refractivity (Wildman–Crippen MR) is 74.8 cm³/mol. The summed E-state index contributed by atoms with van der Waals surface area (Å²) in [7, 11) is 0. The lowest BCUT2D eigenvalue weighted by molar-refractivity contribution is -0.135. The lowest BCUT2D eigenvalue weighted by Crippen LogP contribution is -2.42.